The summed E-state index contributed by atoms with van der Waals surface area (Å²) in [7, 11) is 0. The van der Waals surface area contributed by atoms with Crippen molar-refractivity contribution in [2.24, 2.45) is 11.3 Å². The predicted octanol–water partition coefficient (Wildman–Crippen LogP) is 2.86. The van der Waals surface area contributed by atoms with E-state index in [0.29, 0.717) is 18.9 Å². The molecule has 0 aromatic carbocycles. The third-order valence-electron chi connectivity index (χ3n) is 4.90. The molecular formula is C17H31NO3. The Labute approximate surface area is 129 Å². The Hall–Kier alpha value is -0.610. The van der Waals surface area contributed by atoms with Crippen LogP contribution in [0.25, 0.3) is 0 Å². The molecule has 2 rings (SSSR count). The second-order valence-electron chi connectivity index (χ2n) is 7.66. The standard InChI is InChI=1S/C17H31NO3/c1-5-21-15(19)12-17(18-6-8-20-9-7-18)11-14(2)10-16(3,4)13-17/h14H,5-13H2,1-4H3. The van der Waals surface area contributed by atoms with Crippen LogP contribution in [0.15, 0.2) is 0 Å². The number of carbonyl (C=O) groups is 1. The molecule has 2 aliphatic rings. The van der Waals surface area contributed by atoms with Crippen LogP contribution < -0.4 is 0 Å². The van der Waals surface area contributed by atoms with Crippen molar-refractivity contribution in [1.82, 2.24) is 4.90 Å². The van der Waals surface area contributed by atoms with E-state index in [4.69, 9.17) is 9.47 Å². The molecule has 1 heterocycles. The second-order valence-corrected chi connectivity index (χ2v) is 7.66. The van der Waals surface area contributed by atoms with E-state index < -0.39 is 0 Å². The molecule has 1 aliphatic heterocycles. The normalized spacial score (nSPS) is 33.6. The third kappa shape index (κ3) is 4.19. The van der Waals surface area contributed by atoms with Crippen molar-refractivity contribution in [3.63, 3.8) is 0 Å². The molecule has 2 unspecified atom stereocenters. The van der Waals surface area contributed by atoms with Crippen LogP contribution in [0.1, 0.15) is 53.4 Å². The van der Waals surface area contributed by atoms with Crippen LogP contribution in [0.3, 0.4) is 0 Å². The Kier molecular flexibility index (Phi) is 5.31. The maximum Gasteiger partial charge on any atom is 0.307 e. The van der Waals surface area contributed by atoms with Crippen molar-refractivity contribution in [1.29, 1.82) is 0 Å². The van der Waals surface area contributed by atoms with Gasteiger partial charge in [-0.1, -0.05) is 20.8 Å². The number of esters is 1. The van der Waals surface area contributed by atoms with E-state index in [9.17, 15) is 4.79 Å². The van der Waals surface area contributed by atoms with Gasteiger partial charge in [0.05, 0.1) is 26.2 Å². The smallest absolute Gasteiger partial charge is 0.307 e. The van der Waals surface area contributed by atoms with E-state index in [2.05, 4.69) is 25.7 Å². The summed E-state index contributed by atoms with van der Waals surface area (Å²) in [5, 5.41) is 0. The van der Waals surface area contributed by atoms with Crippen LogP contribution >= 0.6 is 0 Å². The fourth-order valence-electron chi connectivity index (χ4n) is 4.71. The maximum atomic E-state index is 12.2. The van der Waals surface area contributed by atoms with Gasteiger partial charge < -0.3 is 9.47 Å². The number of hydrogen-bond donors (Lipinski definition) is 0. The number of nitrogens with zero attached hydrogens (tertiary/aromatic N) is 1. The van der Waals surface area contributed by atoms with Crippen LogP contribution in [-0.4, -0.2) is 49.3 Å². The Bertz CT molecular complexity index is 363. The molecule has 2 fully saturated rings. The van der Waals surface area contributed by atoms with Crippen molar-refractivity contribution >= 4 is 5.97 Å². The van der Waals surface area contributed by atoms with Crippen molar-refractivity contribution in [2.75, 3.05) is 32.9 Å². The van der Waals surface area contributed by atoms with Gasteiger partial charge in [0.15, 0.2) is 0 Å². The summed E-state index contributed by atoms with van der Waals surface area (Å²) >= 11 is 0. The number of rotatable bonds is 4. The molecular weight excluding hydrogens is 266 g/mol. The summed E-state index contributed by atoms with van der Waals surface area (Å²) in [6.45, 7) is 12.8. The molecule has 0 aromatic heterocycles. The summed E-state index contributed by atoms with van der Waals surface area (Å²) < 4.78 is 10.8. The van der Waals surface area contributed by atoms with Crippen LogP contribution in [0.2, 0.25) is 0 Å². The molecule has 4 heteroatoms. The van der Waals surface area contributed by atoms with E-state index in [1.165, 1.54) is 6.42 Å². The average Bonchev–Trinajstić information content (AvgIpc) is 2.37. The summed E-state index contributed by atoms with van der Waals surface area (Å²) in [4.78, 5) is 14.7. The minimum Gasteiger partial charge on any atom is -0.466 e. The topological polar surface area (TPSA) is 38.8 Å². The molecule has 0 bridgehead atoms. The number of ether oxygens (including phenoxy) is 2. The largest absolute Gasteiger partial charge is 0.466 e. The maximum absolute atomic E-state index is 12.2. The van der Waals surface area contributed by atoms with Crippen molar-refractivity contribution in [2.45, 2.75) is 58.9 Å². The molecule has 2 atom stereocenters. The zero-order valence-corrected chi connectivity index (χ0v) is 14.1. The minimum atomic E-state index is -0.0473. The van der Waals surface area contributed by atoms with E-state index in [-0.39, 0.29) is 16.9 Å². The molecule has 0 spiro atoms. The number of hydrogen-bond acceptors (Lipinski definition) is 4. The van der Waals surface area contributed by atoms with Gasteiger partial charge in [-0.05, 0) is 37.5 Å². The molecule has 0 radical (unpaired) electrons. The lowest BCUT2D eigenvalue weighted by Gasteiger charge is -2.53. The highest BCUT2D eigenvalue weighted by Gasteiger charge is 2.48. The van der Waals surface area contributed by atoms with E-state index in [1.54, 1.807) is 0 Å². The van der Waals surface area contributed by atoms with Gasteiger partial charge in [0, 0.05) is 18.6 Å². The Morgan fingerprint density at radius 2 is 1.95 bits per heavy atom. The fourth-order valence-corrected chi connectivity index (χ4v) is 4.71. The minimum absolute atomic E-state index is 0.0444. The summed E-state index contributed by atoms with van der Waals surface area (Å²) in [6, 6.07) is 0. The first-order valence-corrected chi connectivity index (χ1v) is 8.35. The van der Waals surface area contributed by atoms with Gasteiger partial charge in [0.25, 0.3) is 0 Å². The van der Waals surface area contributed by atoms with Crippen LogP contribution in [0, 0.1) is 11.3 Å². The zero-order chi connectivity index (χ0) is 15.5. The van der Waals surface area contributed by atoms with E-state index in [0.717, 1.165) is 39.1 Å². The monoisotopic (exact) mass is 297 g/mol. The predicted molar refractivity (Wildman–Crippen MR) is 83.2 cm³/mol. The van der Waals surface area contributed by atoms with Crippen molar-refractivity contribution in [3.05, 3.63) is 0 Å². The summed E-state index contributed by atoms with van der Waals surface area (Å²) in [5.74, 6) is 0.597. The fraction of sp³-hybridized carbons (Fsp3) is 0.941. The number of morpholine rings is 1. The Balaban J connectivity index is 2.21. The highest BCUT2D eigenvalue weighted by Crippen LogP contribution is 2.48. The SMILES string of the molecule is CCOC(=O)CC1(N2CCOCC2)CC(C)CC(C)(C)C1. The molecule has 0 N–H and O–H groups in total. The molecule has 1 saturated carbocycles. The van der Waals surface area contributed by atoms with Gasteiger partial charge in [-0.2, -0.15) is 0 Å². The molecule has 1 aliphatic carbocycles. The highest BCUT2D eigenvalue weighted by molar-refractivity contribution is 5.71. The van der Waals surface area contributed by atoms with Gasteiger partial charge in [-0.25, -0.2) is 0 Å². The van der Waals surface area contributed by atoms with Crippen LogP contribution in [0.5, 0.6) is 0 Å². The molecule has 122 valence electrons. The van der Waals surface area contributed by atoms with Gasteiger partial charge in [0.2, 0.25) is 0 Å². The number of carbonyl (C=O) groups excluding carboxylic acids is 1. The first kappa shape index (κ1) is 16.8. The van der Waals surface area contributed by atoms with Crippen molar-refractivity contribution < 1.29 is 14.3 Å². The van der Waals surface area contributed by atoms with Gasteiger partial charge in [-0.3, -0.25) is 9.69 Å². The third-order valence-corrected chi connectivity index (χ3v) is 4.90. The van der Waals surface area contributed by atoms with Gasteiger partial charge >= 0.3 is 5.97 Å². The van der Waals surface area contributed by atoms with Gasteiger partial charge in [-0.15, -0.1) is 0 Å². The summed E-state index contributed by atoms with van der Waals surface area (Å²) in [5.41, 5.74) is 0.236. The highest BCUT2D eigenvalue weighted by atomic mass is 16.5. The Morgan fingerprint density at radius 1 is 1.29 bits per heavy atom. The lowest BCUT2D eigenvalue weighted by atomic mass is 9.62. The zero-order valence-electron chi connectivity index (χ0n) is 14.1. The lowest BCUT2D eigenvalue weighted by molar-refractivity contribution is -0.151. The average molecular weight is 297 g/mol. The lowest BCUT2D eigenvalue weighted by Crippen LogP contribution is -2.59. The van der Waals surface area contributed by atoms with E-state index >= 15 is 0 Å². The van der Waals surface area contributed by atoms with Crippen molar-refractivity contribution in [3.8, 4) is 0 Å². The molecule has 4 nitrogen and oxygen atoms in total. The van der Waals surface area contributed by atoms with Crippen LogP contribution in [-0.2, 0) is 14.3 Å². The molecule has 0 amide bonds. The van der Waals surface area contributed by atoms with Gasteiger partial charge in [0.1, 0.15) is 0 Å². The Morgan fingerprint density at radius 3 is 2.52 bits per heavy atom. The first-order chi connectivity index (χ1) is 9.87. The quantitative estimate of drug-likeness (QED) is 0.748. The second kappa shape index (κ2) is 6.66. The van der Waals surface area contributed by atoms with E-state index in [1.807, 2.05) is 6.92 Å². The summed E-state index contributed by atoms with van der Waals surface area (Å²) in [6.07, 6.45) is 3.93. The molecule has 0 aromatic rings. The molecule has 21 heavy (non-hydrogen) atoms. The first-order valence-electron chi connectivity index (χ1n) is 8.35. The molecule has 1 saturated heterocycles. The van der Waals surface area contributed by atoms with Crippen LogP contribution in [0.4, 0.5) is 0 Å².